The SMILES string of the molecule is CC(C)(C)N(C(N)=Nc1ccnc2cc(Cl)ccc12)c1nccs1. The Morgan fingerprint density at radius 1 is 1.21 bits per heavy atom. The average molecular weight is 360 g/mol. The van der Waals surface area contributed by atoms with Crippen LogP contribution in [0.2, 0.25) is 5.02 Å². The van der Waals surface area contributed by atoms with Crippen molar-refractivity contribution in [2.75, 3.05) is 4.90 Å². The number of guanidine groups is 1. The number of nitrogens with zero attached hydrogens (tertiary/aromatic N) is 4. The summed E-state index contributed by atoms with van der Waals surface area (Å²) in [6, 6.07) is 7.38. The minimum absolute atomic E-state index is 0.252. The second-order valence-corrected chi connectivity index (χ2v) is 7.59. The van der Waals surface area contributed by atoms with Gasteiger partial charge in [0.2, 0.25) is 5.96 Å². The zero-order valence-corrected chi connectivity index (χ0v) is 15.3. The van der Waals surface area contributed by atoms with E-state index in [1.54, 1.807) is 12.4 Å². The molecule has 2 aromatic heterocycles. The predicted octanol–water partition coefficient (Wildman–Crippen LogP) is 4.60. The van der Waals surface area contributed by atoms with Gasteiger partial charge in [0.25, 0.3) is 0 Å². The van der Waals surface area contributed by atoms with Crippen molar-refractivity contribution in [2.45, 2.75) is 26.3 Å². The van der Waals surface area contributed by atoms with E-state index in [4.69, 9.17) is 17.3 Å². The topological polar surface area (TPSA) is 67.4 Å². The molecule has 3 aromatic rings. The van der Waals surface area contributed by atoms with Crippen molar-refractivity contribution < 1.29 is 0 Å². The van der Waals surface area contributed by atoms with Crippen molar-refractivity contribution in [3.05, 3.63) is 47.1 Å². The van der Waals surface area contributed by atoms with Crippen LogP contribution in [0.15, 0.2) is 47.0 Å². The van der Waals surface area contributed by atoms with Crippen LogP contribution in [-0.4, -0.2) is 21.5 Å². The summed E-state index contributed by atoms with van der Waals surface area (Å²) in [7, 11) is 0. The number of rotatable bonds is 2. The Hall–Kier alpha value is -2.18. The normalized spacial score (nSPS) is 12.6. The highest BCUT2D eigenvalue weighted by Crippen LogP contribution is 2.29. The third-order valence-corrected chi connectivity index (χ3v) is 4.42. The van der Waals surface area contributed by atoms with Gasteiger partial charge >= 0.3 is 0 Å². The molecule has 24 heavy (non-hydrogen) atoms. The number of anilines is 1. The van der Waals surface area contributed by atoms with E-state index in [9.17, 15) is 0 Å². The Bertz CT molecular complexity index is 884. The summed E-state index contributed by atoms with van der Waals surface area (Å²) in [5.74, 6) is 0.389. The maximum Gasteiger partial charge on any atom is 0.203 e. The Morgan fingerprint density at radius 2 is 2.00 bits per heavy atom. The molecule has 0 bridgehead atoms. The van der Waals surface area contributed by atoms with E-state index in [0.717, 1.165) is 21.7 Å². The fraction of sp³-hybridized carbons (Fsp3) is 0.235. The lowest BCUT2D eigenvalue weighted by Crippen LogP contribution is -2.49. The summed E-state index contributed by atoms with van der Waals surface area (Å²) in [5.41, 5.74) is 7.63. The minimum atomic E-state index is -0.252. The van der Waals surface area contributed by atoms with Crippen LogP contribution in [0.5, 0.6) is 0 Å². The van der Waals surface area contributed by atoms with Crippen molar-refractivity contribution in [3.8, 4) is 0 Å². The van der Waals surface area contributed by atoms with Crippen molar-refractivity contribution in [1.29, 1.82) is 0 Å². The third kappa shape index (κ3) is 3.34. The van der Waals surface area contributed by atoms with E-state index < -0.39 is 0 Å². The van der Waals surface area contributed by atoms with E-state index in [0.29, 0.717) is 11.0 Å². The molecule has 0 unspecified atom stereocenters. The number of halogens is 1. The molecule has 0 saturated carbocycles. The van der Waals surface area contributed by atoms with Gasteiger partial charge in [0.15, 0.2) is 5.13 Å². The monoisotopic (exact) mass is 359 g/mol. The van der Waals surface area contributed by atoms with Gasteiger partial charge < -0.3 is 5.73 Å². The fourth-order valence-corrected chi connectivity index (χ4v) is 3.44. The number of pyridine rings is 1. The number of nitrogens with two attached hydrogens (primary N) is 1. The molecule has 2 heterocycles. The van der Waals surface area contributed by atoms with Crippen LogP contribution in [0, 0.1) is 0 Å². The number of hydrogen-bond donors (Lipinski definition) is 1. The molecule has 2 N–H and O–H groups in total. The maximum atomic E-state index is 6.34. The molecule has 0 amide bonds. The van der Waals surface area contributed by atoms with Gasteiger partial charge in [-0.3, -0.25) is 9.88 Å². The summed E-state index contributed by atoms with van der Waals surface area (Å²) in [6.45, 7) is 6.21. The van der Waals surface area contributed by atoms with Gasteiger partial charge in [-0.15, -0.1) is 11.3 Å². The summed E-state index contributed by atoms with van der Waals surface area (Å²) in [5, 5.41) is 4.27. The van der Waals surface area contributed by atoms with Gasteiger partial charge in [-0.1, -0.05) is 11.6 Å². The van der Waals surface area contributed by atoms with Gasteiger partial charge in [0, 0.05) is 33.7 Å². The largest absolute Gasteiger partial charge is 0.369 e. The van der Waals surface area contributed by atoms with Crippen LogP contribution >= 0.6 is 22.9 Å². The van der Waals surface area contributed by atoms with Gasteiger partial charge in [-0.25, -0.2) is 9.98 Å². The maximum absolute atomic E-state index is 6.34. The fourth-order valence-electron chi connectivity index (χ4n) is 2.43. The van der Waals surface area contributed by atoms with E-state index in [2.05, 4.69) is 35.7 Å². The van der Waals surface area contributed by atoms with Crippen molar-refractivity contribution in [1.82, 2.24) is 9.97 Å². The molecular weight excluding hydrogens is 342 g/mol. The predicted molar refractivity (Wildman–Crippen MR) is 102 cm³/mol. The van der Waals surface area contributed by atoms with Crippen molar-refractivity contribution >= 4 is 50.6 Å². The highest BCUT2D eigenvalue weighted by molar-refractivity contribution is 7.13. The highest BCUT2D eigenvalue weighted by Gasteiger charge is 2.27. The van der Waals surface area contributed by atoms with Crippen molar-refractivity contribution in [3.63, 3.8) is 0 Å². The molecule has 3 rings (SSSR count). The molecule has 0 aliphatic rings. The second-order valence-electron chi connectivity index (χ2n) is 6.28. The molecule has 0 saturated heterocycles. The summed E-state index contributed by atoms with van der Waals surface area (Å²) >= 11 is 7.57. The number of fused-ring (bicyclic) bond motifs is 1. The first-order valence-corrected chi connectivity index (χ1v) is 8.70. The molecule has 0 spiro atoms. The Kier molecular flexibility index (Phi) is 4.43. The zero-order valence-electron chi connectivity index (χ0n) is 13.7. The molecule has 0 fully saturated rings. The van der Waals surface area contributed by atoms with Crippen molar-refractivity contribution in [2.24, 2.45) is 10.7 Å². The lowest BCUT2D eigenvalue weighted by Gasteiger charge is -2.34. The van der Waals surface area contributed by atoms with Crippen LogP contribution in [0.25, 0.3) is 10.9 Å². The lowest BCUT2D eigenvalue weighted by molar-refractivity contribution is 0.568. The highest BCUT2D eigenvalue weighted by atomic mass is 35.5. The Labute approximate surface area is 149 Å². The molecule has 0 aliphatic heterocycles. The van der Waals surface area contributed by atoms with Gasteiger partial charge in [-0.2, -0.15) is 0 Å². The summed E-state index contributed by atoms with van der Waals surface area (Å²) in [4.78, 5) is 15.3. The number of aromatic nitrogens is 2. The smallest absolute Gasteiger partial charge is 0.203 e. The average Bonchev–Trinajstić information content (AvgIpc) is 2.99. The Morgan fingerprint density at radius 3 is 2.67 bits per heavy atom. The molecule has 0 radical (unpaired) electrons. The number of thiazole rings is 1. The standard InChI is InChI=1S/C17H18ClN5S/c1-17(2,3)23(16-21-8-9-24-16)15(19)22-13-6-7-20-14-10-11(18)4-5-12(13)14/h4-10H,1-3H3,(H2,19,20,22). The summed E-state index contributed by atoms with van der Waals surface area (Å²) in [6.07, 6.45) is 3.46. The first-order valence-electron chi connectivity index (χ1n) is 7.44. The van der Waals surface area contributed by atoms with E-state index in [-0.39, 0.29) is 5.54 Å². The van der Waals surface area contributed by atoms with Crippen LogP contribution in [0.1, 0.15) is 20.8 Å². The number of benzene rings is 1. The molecule has 0 atom stereocenters. The quantitative estimate of drug-likeness (QED) is 0.536. The number of aliphatic imine (C=N–C) groups is 1. The molecule has 124 valence electrons. The van der Waals surface area contributed by atoms with Crippen LogP contribution in [-0.2, 0) is 0 Å². The zero-order chi connectivity index (χ0) is 17.3. The lowest BCUT2D eigenvalue weighted by atomic mass is 10.1. The molecule has 7 heteroatoms. The van der Waals surface area contributed by atoms with E-state index >= 15 is 0 Å². The van der Waals surface area contributed by atoms with Gasteiger partial charge in [0.1, 0.15) is 0 Å². The van der Waals surface area contributed by atoms with E-state index in [1.165, 1.54) is 11.3 Å². The van der Waals surface area contributed by atoms with Gasteiger partial charge in [0.05, 0.1) is 11.2 Å². The molecule has 5 nitrogen and oxygen atoms in total. The molecule has 0 aliphatic carbocycles. The first kappa shape index (κ1) is 16.7. The Balaban J connectivity index is 2.10. The third-order valence-electron chi connectivity index (χ3n) is 3.43. The molecular formula is C17H18ClN5S. The van der Waals surface area contributed by atoms with E-state index in [1.807, 2.05) is 34.5 Å². The van der Waals surface area contributed by atoms with Gasteiger partial charge in [-0.05, 0) is 45.0 Å². The minimum Gasteiger partial charge on any atom is -0.369 e. The van der Waals surface area contributed by atoms with Crippen LogP contribution < -0.4 is 10.6 Å². The molecule has 1 aromatic carbocycles. The second kappa shape index (κ2) is 6.37. The van der Waals surface area contributed by atoms with Crippen LogP contribution in [0.4, 0.5) is 10.8 Å². The summed E-state index contributed by atoms with van der Waals surface area (Å²) < 4.78 is 0. The number of hydrogen-bond acceptors (Lipinski definition) is 4. The first-order chi connectivity index (χ1) is 11.4. The van der Waals surface area contributed by atoms with Crippen LogP contribution in [0.3, 0.4) is 0 Å².